The summed E-state index contributed by atoms with van der Waals surface area (Å²) in [6.07, 6.45) is 9.92. The van der Waals surface area contributed by atoms with Crippen molar-refractivity contribution in [2.45, 2.75) is 44.1 Å². The van der Waals surface area contributed by atoms with E-state index in [9.17, 15) is 0 Å². The minimum absolute atomic E-state index is 0.0711. The van der Waals surface area contributed by atoms with Crippen molar-refractivity contribution in [2.24, 2.45) is 0 Å². The lowest BCUT2D eigenvalue weighted by Crippen LogP contribution is -2.36. The van der Waals surface area contributed by atoms with Crippen LogP contribution in [0.1, 0.15) is 44.1 Å². The maximum absolute atomic E-state index is 6.08. The number of benzene rings is 1. The summed E-state index contributed by atoms with van der Waals surface area (Å²) in [4.78, 5) is 0. The molecule has 1 fully saturated rings. The number of ether oxygens (including phenoxy) is 1. The summed E-state index contributed by atoms with van der Waals surface area (Å²) in [6, 6.07) is 10.8. The lowest BCUT2D eigenvalue weighted by molar-refractivity contribution is -0.0366. The van der Waals surface area contributed by atoms with Gasteiger partial charge in [0.15, 0.2) is 0 Å². The third-order valence-corrected chi connectivity index (χ3v) is 4.04. The van der Waals surface area contributed by atoms with Gasteiger partial charge in [-0.1, -0.05) is 49.6 Å². The Labute approximate surface area is 103 Å². The van der Waals surface area contributed by atoms with E-state index in [-0.39, 0.29) is 5.60 Å². The van der Waals surface area contributed by atoms with Gasteiger partial charge in [0, 0.05) is 0 Å². The van der Waals surface area contributed by atoms with Crippen LogP contribution in [0.3, 0.4) is 0 Å². The van der Waals surface area contributed by atoms with Gasteiger partial charge in [0.25, 0.3) is 0 Å². The van der Waals surface area contributed by atoms with Crippen LogP contribution in [0.4, 0.5) is 0 Å². The molecule has 0 amide bonds. The molecule has 0 N–H and O–H groups in total. The van der Waals surface area contributed by atoms with E-state index < -0.39 is 0 Å². The first-order valence-corrected chi connectivity index (χ1v) is 6.79. The molecule has 0 saturated heterocycles. The van der Waals surface area contributed by atoms with Crippen molar-refractivity contribution in [3.05, 3.63) is 42.0 Å². The van der Waals surface area contributed by atoms with Crippen molar-refractivity contribution in [1.82, 2.24) is 0 Å². The Kier molecular flexibility index (Phi) is 3.02. The molecule has 90 valence electrons. The second kappa shape index (κ2) is 4.66. The molecule has 3 rings (SSSR count). The molecule has 1 nitrogen and oxygen atoms in total. The van der Waals surface area contributed by atoms with Crippen molar-refractivity contribution in [3.8, 4) is 0 Å². The van der Waals surface area contributed by atoms with Crippen LogP contribution in [0, 0.1) is 0 Å². The van der Waals surface area contributed by atoms with Gasteiger partial charge in [-0.2, -0.15) is 0 Å². The fraction of sp³-hybridized carbons (Fsp3) is 0.500. The minimum atomic E-state index is 0.0711. The average Bonchev–Trinajstić information content (AvgIpc) is 2.41. The average molecular weight is 228 g/mol. The van der Waals surface area contributed by atoms with Crippen LogP contribution in [-0.4, -0.2) is 12.2 Å². The Morgan fingerprint density at radius 3 is 2.47 bits per heavy atom. The smallest absolute Gasteiger partial charge is 0.0868 e. The Morgan fingerprint density at radius 1 is 0.941 bits per heavy atom. The Morgan fingerprint density at radius 2 is 1.71 bits per heavy atom. The first-order chi connectivity index (χ1) is 8.38. The largest absolute Gasteiger partial charge is 0.371 e. The summed E-state index contributed by atoms with van der Waals surface area (Å²) in [7, 11) is 0. The minimum Gasteiger partial charge on any atom is -0.371 e. The van der Waals surface area contributed by atoms with Gasteiger partial charge in [0.1, 0.15) is 0 Å². The third-order valence-electron chi connectivity index (χ3n) is 4.04. The third kappa shape index (κ3) is 2.30. The summed E-state index contributed by atoms with van der Waals surface area (Å²) in [5.41, 5.74) is 2.93. The van der Waals surface area contributed by atoms with Gasteiger partial charge >= 0.3 is 0 Å². The van der Waals surface area contributed by atoms with Crippen molar-refractivity contribution < 1.29 is 4.74 Å². The second-order valence-electron chi connectivity index (χ2n) is 5.26. The van der Waals surface area contributed by atoms with Gasteiger partial charge in [0.2, 0.25) is 0 Å². The molecule has 1 spiro atoms. The molecule has 0 atom stereocenters. The van der Waals surface area contributed by atoms with Crippen LogP contribution in [0.2, 0.25) is 0 Å². The fourth-order valence-corrected chi connectivity index (χ4v) is 3.11. The molecule has 0 unspecified atom stereocenters. The zero-order valence-electron chi connectivity index (χ0n) is 10.3. The maximum Gasteiger partial charge on any atom is 0.0868 e. The summed E-state index contributed by atoms with van der Waals surface area (Å²) >= 11 is 0. The molecule has 2 aliphatic rings. The summed E-state index contributed by atoms with van der Waals surface area (Å²) in [5.74, 6) is 0. The van der Waals surface area contributed by atoms with E-state index in [4.69, 9.17) is 4.74 Å². The van der Waals surface area contributed by atoms with E-state index in [1.807, 2.05) is 0 Å². The fourth-order valence-electron chi connectivity index (χ4n) is 3.11. The van der Waals surface area contributed by atoms with Crippen molar-refractivity contribution in [1.29, 1.82) is 0 Å². The second-order valence-corrected chi connectivity index (χ2v) is 5.26. The zero-order valence-corrected chi connectivity index (χ0v) is 10.3. The Balaban J connectivity index is 1.89. The van der Waals surface area contributed by atoms with Crippen LogP contribution >= 0.6 is 0 Å². The zero-order chi connectivity index (χ0) is 11.6. The highest BCUT2D eigenvalue weighted by atomic mass is 16.5. The standard InChI is InChI=1S/C16H20O/c1-3-7-14(8-4-1)15-9-12-17-16(13-15)10-5-2-6-11-16/h1,3-4,7-8,13H,2,5-6,9-12H2. The molecule has 0 radical (unpaired) electrons. The van der Waals surface area contributed by atoms with Crippen molar-refractivity contribution >= 4 is 5.57 Å². The summed E-state index contributed by atoms with van der Waals surface area (Å²) < 4.78 is 6.08. The molecule has 0 bridgehead atoms. The monoisotopic (exact) mass is 228 g/mol. The predicted octanol–water partition coefficient (Wildman–Crippen LogP) is 4.19. The van der Waals surface area contributed by atoms with E-state index in [0.29, 0.717) is 0 Å². The molecule has 0 aromatic heterocycles. The van der Waals surface area contributed by atoms with Gasteiger partial charge in [-0.05, 0) is 36.5 Å². The van der Waals surface area contributed by atoms with Gasteiger partial charge in [-0.15, -0.1) is 0 Å². The first kappa shape index (κ1) is 11.0. The van der Waals surface area contributed by atoms with Gasteiger partial charge < -0.3 is 4.74 Å². The van der Waals surface area contributed by atoms with Crippen LogP contribution in [0.25, 0.3) is 5.57 Å². The molecule has 1 aromatic carbocycles. The Bertz CT molecular complexity index is 399. The predicted molar refractivity (Wildman–Crippen MR) is 70.8 cm³/mol. The normalized spacial score (nSPS) is 23.4. The van der Waals surface area contributed by atoms with E-state index in [2.05, 4.69) is 36.4 Å². The SMILES string of the molecule is C1=C(c2ccccc2)CCOC12CCCCC2. The maximum atomic E-state index is 6.08. The first-order valence-electron chi connectivity index (χ1n) is 6.79. The van der Waals surface area contributed by atoms with Crippen LogP contribution in [0.15, 0.2) is 36.4 Å². The molecular weight excluding hydrogens is 208 g/mol. The Hall–Kier alpha value is -1.08. The molecule has 1 aromatic rings. The highest BCUT2D eigenvalue weighted by Crippen LogP contribution is 2.39. The van der Waals surface area contributed by atoms with E-state index in [0.717, 1.165) is 13.0 Å². The lowest BCUT2D eigenvalue weighted by atomic mass is 9.80. The molecule has 17 heavy (non-hydrogen) atoms. The topological polar surface area (TPSA) is 9.23 Å². The van der Waals surface area contributed by atoms with Crippen LogP contribution in [0.5, 0.6) is 0 Å². The van der Waals surface area contributed by atoms with Gasteiger partial charge in [0.05, 0.1) is 12.2 Å². The summed E-state index contributed by atoms with van der Waals surface area (Å²) in [6.45, 7) is 0.890. The summed E-state index contributed by atoms with van der Waals surface area (Å²) in [5, 5.41) is 0. The molecular formula is C16H20O. The number of hydrogen-bond acceptors (Lipinski definition) is 1. The lowest BCUT2D eigenvalue weighted by Gasteiger charge is -2.38. The molecule has 1 aliphatic heterocycles. The van der Waals surface area contributed by atoms with Crippen LogP contribution < -0.4 is 0 Å². The molecule has 1 heterocycles. The molecule has 1 heteroatoms. The van der Waals surface area contributed by atoms with Gasteiger partial charge in [-0.3, -0.25) is 0 Å². The molecule has 1 aliphatic carbocycles. The highest BCUT2D eigenvalue weighted by Gasteiger charge is 2.33. The van der Waals surface area contributed by atoms with E-state index >= 15 is 0 Å². The van der Waals surface area contributed by atoms with Crippen molar-refractivity contribution in [2.75, 3.05) is 6.61 Å². The van der Waals surface area contributed by atoms with Crippen molar-refractivity contribution in [3.63, 3.8) is 0 Å². The molecule has 1 saturated carbocycles. The quantitative estimate of drug-likeness (QED) is 0.700. The van der Waals surface area contributed by atoms with E-state index in [1.165, 1.54) is 43.2 Å². The number of hydrogen-bond donors (Lipinski definition) is 0. The number of rotatable bonds is 1. The van der Waals surface area contributed by atoms with Crippen LogP contribution in [-0.2, 0) is 4.74 Å². The van der Waals surface area contributed by atoms with E-state index in [1.54, 1.807) is 0 Å². The highest BCUT2D eigenvalue weighted by molar-refractivity contribution is 5.67. The van der Waals surface area contributed by atoms with Gasteiger partial charge in [-0.25, -0.2) is 0 Å².